The standard InChI is InChI=1S/C14H11Cl2NO2.K.2H2O.H/c15-10-5-3-6-11(16)14(10)17-12-7-2-1-4-9(12)8-13(18)19;;;;/h1-7,17H,8H2,(H,18,19);;2*1H2;. The van der Waals surface area contributed by atoms with Crippen LogP contribution in [0.1, 0.15) is 5.56 Å². The normalized spacial score (nSPS) is 8.82. The van der Waals surface area contributed by atoms with Crippen LogP contribution in [0.5, 0.6) is 0 Å². The Labute approximate surface area is 180 Å². The second kappa shape index (κ2) is 11.4. The second-order valence-electron chi connectivity index (χ2n) is 3.95. The number of benzene rings is 2. The number of para-hydroxylation sites is 2. The van der Waals surface area contributed by atoms with E-state index in [1.807, 2.05) is 6.07 Å². The first-order valence-electron chi connectivity index (χ1n) is 5.58. The Hall–Kier alpha value is -0.154. The van der Waals surface area contributed by atoms with Crippen LogP contribution in [0.25, 0.3) is 0 Å². The first-order chi connectivity index (χ1) is 9.08. The third-order valence-electron chi connectivity index (χ3n) is 2.58. The van der Waals surface area contributed by atoms with Crippen LogP contribution in [-0.4, -0.2) is 73.4 Å². The van der Waals surface area contributed by atoms with Gasteiger partial charge in [0, 0.05) is 5.69 Å². The third kappa shape index (κ3) is 6.53. The molecule has 0 unspecified atom stereocenters. The summed E-state index contributed by atoms with van der Waals surface area (Å²) in [5.41, 5.74) is 1.93. The fourth-order valence-electron chi connectivity index (χ4n) is 1.71. The van der Waals surface area contributed by atoms with Gasteiger partial charge in [-0.2, -0.15) is 0 Å². The quantitative estimate of drug-likeness (QED) is 0.801. The Morgan fingerprint density at radius 2 is 1.55 bits per heavy atom. The van der Waals surface area contributed by atoms with E-state index in [1.165, 1.54) is 0 Å². The Kier molecular flexibility index (Phi) is 12.5. The molecular formula is C14H16Cl2KNO4. The molecule has 2 aromatic rings. The summed E-state index contributed by atoms with van der Waals surface area (Å²) in [6.45, 7) is 0. The van der Waals surface area contributed by atoms with E-state index < -0.39 is 5.97 Å². The van der Waals surface area contributed by atoms with Crippen LogP contribution in [0.2, 0.25) is 10.0 Å². The van der Waals surface area contributed by atoms with Crippen molar-refractivity contribution in [2.45, 2.75) is 6.42 Å². The van der Waals surface area contributed by atoms with Gasteiger partial charge in [-0.05, 0) is 23.8 Å². The van der Waals surface area contributed by atoms with E-state index in [1.54, 1.807) is 36.4 Å². The first-order valence-corrected chi connectivity index (χ1v) is 6.34. The molecule has 0 amide bonds. The topological polar surface area (TPSA) is 112 Å². The van der Waals surface area contributed by atoms with Gasteiger partial charge in [0.2, 0.25) is 0 Å². The molecule has 2 aromatic carbocycles. The number of nitrogens with one attached hydrogen (secondary N) is 1. The molecule has 0 atom stereocenters. The molecule has 22 heavy (non-hydrogen) atoms. The van der Waals surface area contributed by atoms with Crippen molar-refractivity contribution in [3.05, 3.63) is 58.1 Å². The maximum absolute atomic E-state index is 10.8. The molecule has 0 aliphatic heterocycles. The van der Waals surface area contributed by atoms with E-state index >= 15 is 0 Å². The number of halogens is 2. The van der Waals surface area contributed by atoms with Crippen molar-refractivity contribution in [3.63, 3.8) is 0 Å². The van der Waals surface area contributed by atoms with Crippen LogP contribution >= 0.6 is 23.2 Å². The summed E-state index contributed by atoms with van der Waals surface area (Å²) in [6.07, 6.45) is -0.0642. The SMILES string of the molecule is O.O.O=C(O)Cc1ccccc1Nc1c(Cl)cccc1Cl.[KH]. The number of hydrogen-bond donors (Lipinski definition) is 2. The Morgan fingerprint density at radius 3 is 2.09 bits per heavy atom. The van der Waals surface area contributed by atoms with E-state index in [2.05, 4.69) is 5.32 Å². The van der Waals surface area contributed by atoms with Gasteiger partial charge in [-0.25, -0.2) is 0 Å². The van der Waals surface area contributed by atoms with Crippen molar-refractivity contribution in [2.24, 2.45) is 0 Å². The van der Waals surface area contributed by atoms with E-state index in [4.69, 9.17) is 28.3 Å². The molecule has 8 heteroatoms. The van der Waals surface area contributed by atoms with Gasteiger partial charge in [0.25, 0.3) is 0 Å². The maximum atomic E-state index is 10.8. The summed E-state index contributed by atoms with van der Waals surface area (Å²) < 4.78 is 0. The van der Waals surface area contributed by atoms with Crippen LogP contribution in [0, 0.1) is 0 Å². The number of rotatable bonds is 4. The van der Waals surface area contributed by atoms with Crippen LogP contribution in [0.15, 0.2) is 42.5 Å². The van der Waals surface area contributed by atoms with Gasteiger partial charge < -0.3 is 21.4 Å². The zero-order valence-electron chi connectivity index (χ0n) is 10.9. The summed E-state index contributed by atoms with van der Waals surface area (Å²) in [4.78, 5) is 10.8. The van der Waals surface area contributed by atoms with E-state index in [0.717, 1.165) is 0 Å². The van der Waals surface area contributed by atoms with Crippen LogP contribution in [0.4, 0.5) is 11.4 Å². The van der Waals surface area contributed by atoms with Gasteiger partial charge in [-0.3, -0.25) is 4.79 Å². The molecule has 0 fully saturated rings. The summed E-state index contributed by atoms with van der Waals surface area (Å²) in [7, 11) is 0. The number of anilines is 2. The van der Waals surface area contributed by atoms with Gasteiger partial charge in [-0.15, -0.1) is 0 Å². The molecule has 0 aromatic heterocycles. The third-order valence-corrected chi connectivity index (χ3v) is 3.21. The summed E-state index contributed by atoms with van der Waals surface area (Å²) in [5, 5.41) is 12.9. The minimum absolute atomic E-state index is 0. The molecule has 0 saturated carbocycles. The molecule has 0 saturated heterocycles. The van der Waals surface area contributed by atoms with Gasteiger partial charge in [0.05, 0.1) is 22.2 Å². The summed E-state index contributed by atoms with van der Waals surface area (Å²) in [6, 6.07) is 12.3. The molecule has 0 aliphatic rings. The van der Waals surface area contributed by atoms with E-state index in [-0.39, 0.29) is 68.8 Å². The summed E-state index contributed by atoms with van der Waals surface area (Å²) in [5.74, 6) is -0.889. The molecule has 6 N–H and O–H groups in total. The molecule has 0 radical (unpaired) electrons. The van der Waals surface area contributed by atoms with Crippen molar-refractivity contribution in [3.8, 4) is 0 Å². The number of hydrogen-bond acceptors (Lipinski definition) is 2. The predicted octanol–water partition coefficient (Wildman–Crippen LogP) is 2.07. The van der Waals surface area contributed by atoms with E-state index in [9.17, 15) is 4.79 Å². The van der Waals surface area contributed by atoms with Crippen LogP contribution in [-0.2, 0) is 11.2 Å². The van der Waals surface area contributed by atoms with Crippen molar-refractivity contribution in [1.82, 2.24) is 0 Å². The van der Waals surface area contributed by atoms with Crippen LogP contribution in [0.3, 0.4) is 0 Å². The number of carbonyl (C=O) groups is 1. The van der Waals surface area contributed by atoms with Crippen molar-refractivity contribution < 1.29 is 20.9 Å². The van der Waals surface area contributed by atoms with Gasteiger partial charge in [0.1, 0.15) is 0 Å². The molecule has 2 rings (SSSR count). The number of carboxylic acid groups (broad SMARTS) is 1. The summed E-state index contributed by atoms with van der Waals surface area (Å²) >= 11 is 12.1. The fraction of sp³-hybridized carbons (Fsp3) is 0.0714. The molecule has 116 valence electrons. The average molecular weight is 372 g/mol. The zero-order chi connectivity index (χ0) is 13.8. The van der Waals surface area contributed by atoms with Gasteiger partial charge in [0.15, 0.2) is 0 Å². The van der Waals surface area contributed by atoms with E-state index in [0.29, 0.717) is 27.0 Å². The Balaban J connectivity index is 0. The van der Waals surface area contributed by atoms with Gasteiger partial charge >= 0.3 is 57.4 Å². The molecular weight excluding hydrogens is 356 g/mol. The average Bonchev–Trinajstić information content (AvgIpc) is 2.35. The molecule has 0 aliphatic carbocycles. The Bertz CT molecular complexity index is 605. The Morgan fingerprint density at radius 1 is 1.00 bits per heavy atom. The van der Waals surface area contributed by atoms with Crippen molar-refractivity contribution >= 4 is 91.9 Å². The molecule has 0 spiro atoms. The predicted molar refractivity (Wildman–Crippen MR) is 91.9 cm³/mol. The number of aliphatic carboxylic acids is 1. The monoisotopic (exact) mass is 371 g/mol. The zero-order valence-corrected chi connectivity index (χ0v) is 12.4. The van der Waals surface area contributed by atoms with Gasteiger partial charge in [-0.1, -0.05) is 47.5 Å². The first kappa shape index (κ1) is 24.1. The minimum atomic E-state index is -0.889. The fourth-order valence-corrected chi connectivity index (χ4v) is 2.20. The molecule has 0 bridgehead atoms. The van der Waals surface area contributed by atoms with Crippen LogP contribution < -0.4 is 5.32 Å². The molecule has 0 heterocycles. The van der Waals surface area contributed by atoms with Crippen molar-refractivity contribution in [1.29, 1.82) is 0 Å². The second-order valence-corrected chi connectivity index (χ2v) is 4.76. The molecule has 5 nitrogen and oxygen atoms in total. The number of carboxylic acids is 1. The van der Waals surface area contributed by atoms with Crippen molar-refractivity contribution in [2.75, 3.05) is 5.32 Å².